The largest absolute Gasteiger partial charge is 0.486 e. The number of carbonyl (C=O) groups is 2. The van der Waals surface area contributed by atoms with Gasteiger partial charge in [0, 0.05) is 18.7 Å². The average Bonchev–Trinajstić information content (AvgIpc) is 2.76. The Kier molecular flexibility index (Phi) is 6.99. The van der Waals surface area contributed by atoms with Gasteiger partial charge < -0.3 is 19.5 Å². The number of carbonyl (C=O) groups excluding carboxylic acids is 2. The number of esters is 1. The number of hydrogen-bond acceptors (Lipinski definition) is 7. The Morgan fingerprint density at radius 2 is 1.90 bits per heavy atom. The molecule has 0 fully saturated rings. The lowest BCUT2D eigenvalue weighted by atomic mass is 10.1. The van der Waals surface area contributed by atoms with Gasteiger partial charge in [0.2, 0.25) is 0 Å². The van der Waals surface area contributed by atoms with Crippen molar-refractivity contribution in [2.24, 2.45) is 0 Å². The Morgan fingerprint density at radius 3 is 2.70 bits per heavy atom. The molecular weight excluding hydrogens is 392 g/mol. The summed E-state index contributed by atoms with van der Waals surface area (Å²) < 4.78 is 15.8. The number of benzene rings is 2. The topological polar surface area (TPSA) is 117 Å². The highest BCUT2D eigenvalue weighted by Crippen LogP contribution is 2.30. The third-order valence-electron chi connectivity index (χ3n) is 4.22. The number of nitrogens with zero attached hydrogens (tertiary/aromatic N) is 1. The molecule has 0 radical (unpaired) electrons. The zero-order chi connectivity index (χ0) is 21.3. The maximum Gasteiger partial charge on any atom is 0.331 e. The predicted octanol–water partition coefficient (Wildman–Crippen LogP) is 2.28. The summed E-state index contributed by atoms with van der Waals surface area (Å²) >= 11 is 0. The first-order chi connectivity index (χ1) is 14.5. The third kappa shape index (κ3) is 5.81. The van der Waals surface area contributed by atoms with Crippen molar-refractivity contribution in [3.05, 3.63) is 69.8 Å². The van der Waals surface area contributed by atoms with Gasteiger partial charge in [-0.1, -0.05) is 18.2 Å². The molecule has 0 saturated carbocycles. The van der Waals surface area contributed by atoms with E-state index in [9.17, 15) is 19.7 Å². The highest BCUT2D eigenvalue weighted by Gasteiger charge is 2.12. The van der Waals surface area contributed by atoms with Crippen molar-refractivity contribution in [3.63, 3.8) is 0 Å². The molecule has 0 bridgehead atoms. The lowest BCUT2D eigenvalue weighted by molar-refractivity contribution is -0.385. The van der Waals surface area contributed by atoms with E-state index in [1.165, 1.54) is 24.3 Å². The molecule has 0 saturated heterocycles. The second-order valence-corrected chi connectivity index (χ2v) is 6.33. The number of nitrogens with one attached hydrogen (secondary N) is 1. The van der Waals surface area contributed by atoms with E-state index in [1.807, 2.05) is 18.2 Å². The van der Waals surface area contributed by atoms with Crippen LogP contribution in [0.4, 0.5) is 5.69 Å². The van der Waals surface area contributed by atoms with E-state index in [2.05, 4.69) is 5.32 Å². The smallest absolute Gasteiger partial charge is 0.331 e. The van der Waals surface area contributed by atoms with Crippen LogP contribution in [0.15, 0.2) is 48.5 Å². The van der Waals surface area contributed by atoms with Crippen LogP contribution in [0.3, 0.4) is 0 Å². The van der Waals surface area contributed by atoms with Gasteiger partial charge in [0.1, 0.15) is 13.2 Å². The highest BCUT2D eigenvalue weighted by atomic mass is 16.6. The molecule has 2 aromatic carbocycles. The molecule has 3 rings (SSSR count). The Balaban J connectivity index is 1.40. The number of para-hydroxylation sites is 1. The van der Waals surface area contributed by atoms with Gasteiger partial charge in [-0.15, -0.1) is 0 Å². The number of nitro benzene ring substituents is 1. The number of rotatable bonds is 8. The molecule has 2 aromatic rings. The summed E-state index contributed by atoms with van der Waals surface area (Å²) in [7, 11) is 0. The monoisotopic (exact) mass is 412 g/mol. The predicted molar refractivity (Wildman–Crippen MR) is 107 cm³/mol. The van der Waals surface area contributed by atoms with Gasteiger partial charge in [-0.05, 0) is 36.3 Å². The Labute approximate surface area is 172 Å². The van der Waals surface area contributed by atoms with Crippen molar-refractivity contribution in [1.29, 1.82) is 0 Å². The van der Waals surface area contributed by atoms with Crippen molar-refractivity contribution in [2.75, 3.05) is 26.4 Å². The molecule has 0 atom stereocenters. The second-order valence-electron chi connectivity index (χ2n) is 6.33. The fourth-order valence-electron chi connectivity index (χ4n) is 2.78. The first kappa shape index (κ1) is 20.8. The lowest BCUT2D eigenvalue weighted by Gasteiger charge is -2.18. The molecule has 156 valence electrons. The van der Waals surface area contributed by atoms with Crippen LogP contribution in [-0.4, -0.2) is 43.2 Å². The van der Waals surface area contributed by atoms with Crippen LogP contribution in [0, 0.1) is 10.1 Å². The third-order valence-corrected chi connectivity index (χ3v) is 4.22. The zero-order valence-corrected chi connectivity index (χ0v) is 16.0. The minimum absolute atomic E-state index is 0.126. The standard InChI is InChI=1S/C21H20N2O7/c24-20(22-10-9-15-5-7-18-19(13-15)29-12-11-28-18)14-30-21(25)8-6-16-3-1-2-4-17(16)23(26)27/h1-8,13H,9-12,14H2,(H,22,24)/b8-6-. The van der Waals surface area contributed by atoms with Crippen LogP contribution in [0.5, 0.6) is 11.5 Å². The summed E-state index contributed by atoms with van der Waals surface area (Å²) in [4.78, 5) is 34.0. The maximum atomic E-state index is 11.8. The molecule has 0 aromatic heterocycles. The molecule has 9 heteroatoms. The van der Waals surface area contributed by atoms with E-state index in [-0.39, 0.29) is 11.3 Å². The van der Waals surface area contributed by atoms with Crippen molar-refractivity contribution in [3.8, 4) is 11.5 Å². The Hall–Kier alpha value is -3.88. The van der Waals surface area contributed by atoms with Crippen LogP contribution >= 0.6 is 0 Å². The SMILES string of the molecule is O=C(COC(=O)/C=C\c1ccccc1[N+](=O)[O-])NCCc1ccc2c(c1)OCCO2. The summed E-state index contributed by atoms with van der Waals surface area (Å²) in [6, 6.07) is 11.6. The lowest BCUT2D eigenvalue weighted by Crippen LogP contribution is -2.30. The second kappa shape index (κ2) is 10.1. The molecule has 0 unspecified atom stereocenters. The quantitative estimate of drug-likeness (QED) is 0.306. The van der Waals surface area contributed by atoms with Gasteiger partial charge in [0.25, 0.3) is 11.6 Å². The van der Waals surface area contributed by atoms with E-state index < -0.39 is 23.4 Å². The number of ether oxygens (including phenoxy) is 3. The number of fused-ring (bicyclic) bond motifs is 1. The van der Waals surface area contributed by atoms with Crippen LogP contribution in [0.2, 0.25) is 0 Å². The fourth-order valence-corrected chi connectivity index (χ4v) is 2.78. The van der Waals surface area contributed by atoms with Gasteiger partial charge in [0.15, 0.2) is 18.1 Å². The van der Waals surface area contributed by atoms with E-state index >= 15 is 0 Å². The first-order valence-corrected chi connectivity index (χ1v) is 9.26. The zero-order valence-electron chi connectivity index (χ0n) is 16.0. The van der Waals surface area contributed by atoms with Crippen molar-refractivity contribution < 1.29 is 28.7 Å². The molecule has 1 heterocycles. The van der Waals surface area contributed by atoms with Gasteiger partial charge in [-0.25, -0.2) is 4.79 Å². The van der Waals surface area contributed by atoms with Gasteiger partial charge in [-0.2, -0.15) is 0 Å². The highest BCUT2D eigenvalue weighted by molar-refractivity contribution is 5.89. The minimum atomic E-state index is -0.768. The van der Waals surface area contributed by atoms with Crippen molar-refractivity contribution >= 4 is 23.6 Å². The molecule has 1 aliphatic heterocycles. The van der Waals surface area contributed by atoms with Crippen LogP contribution in [-0.2, 0) is 20.7 Å². The molecule has 1 N–H and O–H groups in total. The summed E-state index contributed by atoms with van der Waals surface area (Å²) in [6.45, 7) is 0.951. The van der Waals surface area contributed by atoms with Crippen molar-refractivity contribution in [2.45, 2.75) is 6.42 Å². The van der Waals surface area contributed by atoms with Crippen molar-refractivity contribution in [1.82, 2.24) is 5.32 Å². The first-order valence-electron chi connectivity index (χ1n) is 9.26. The molecule has 1 aliphatic rings. The molecule has 0 spiro atoms. The molecule has 0 aliphatic carbocycles. The van der Waals surface area contributed by atoms with Crippen LogP contribution in [0.1, 0.15) is 11.1 Å². The summed E-state index contributed by atoms with van der Waals surface area (Å²) in [5, 5.41) is 13.6. The van der Waals surface area contributed by atoms with Gasteiger partial charge >= 0.3 is 5.97 Å². The number of nitro groups is 1. The maximum absolute atomic E-state index is 11.8. The summed E-state index contributed by atoms with van der Waals surface area (Å²) in [5.41, 5.74) is 1.12. The van der Waals surface area contributed by atoms with E-state index in [0.717, 1.165) is 11.6 Å². The van der Waals surface area contributed by atoms with Crippen LogP contribution < -0.4 is 14.8 Å². The van der Waals surface area contributed by atoms with Gasteiger partial charge in [-0.3, -0.25) is 14.9 Å². The fraction of sp³-hybridized carbons (Fsp3) is 0.238. The number of amides is 1. The van der Waals surface area contributed by atoms with E-state index in [4.69, 9.17) is 14.2 Å². The normalized spacial score (nSPS) is 12.4. The Bertz CT molecular complexity index is 972. The van der Waals surface area contributed by atoms with E-state index in [1.54, 1.807) is 6.07 Å². The molecule has 30 heavy (non-hydrogen) atoms. The van der Waals surface area contributed by atoms with Gasteiger partial charge in [0.05, 0.1) is 10.5 Å². The summed E-state index contributed by atoms with van der Waals surface area (Å²) in [6.07, 6.45) is 2.90. The average molecular weight is 412 g/mol. The number of hydrogen-bond donors (Lipinski definition) is 1. The Morgan fingerprint density at radius 1 is 1.13 bits per heavy atom. The van der Waals surface area contributed by atoms with E-state index in [0.29, 0.717) is 37.7 Å². The molecule has 9 nitrogen and oxygen atoms in total. The molecular formula is C21H20N2O7. The van der Waals surface area contributed by atoms with Crippen LogP contribution in [0.25, 0.3) is 6.08 Å². The minimum Gasteiger partial charge on any atom is -0.486 e. The molecule has 1 amide bonds. The summed E-state index contributed by atoms with van der Waals surface area (Å²) in [5.74, 6) is 0.175.